The number of pyridine rings is 1. The van der Waals surface area contributed by atoms with Gasteiger partial charge in [0.15, 0.2) is 0 Å². The summed E-state index contributed by atoms with van der Waals surface area (Å²) in [7, 11) is 0. The predicted molar refractivity (Wildman–Crippen MR) is 278 cm³/mol. The first kappa shape index (κ1) is 44.1. The summed E-state index contributed by atoms with van der Waals surface area (Å²) < 4.78 is 15.5. The Balaban J connectivity index is 0.00000520. The number of aromatic nitrogens is 2. The Morgan fingerprint density at radius 2 is 1.14 bits per heavy atom. The Morgan fingerprint density at radius 3 is 1.87 bits per heavy atom. The molecule has 12 bridgehead atoms. The summed E-state index contributed by atoms with van der Waals surface area (Å²) in [5, 5.41) is 2.19. The molecule has 8 aromatic carbocycles. The van der Waals surface area contributed by atoms with Gasteiger partial charge >= 0.3 is 0 Å². The van der Waals surface area contributed by atoms with Crippen molar-refractivity contribution in [1.29, 1.82) is 0 Å². The van der Waals surface area contributed by atoms with Crippen LogP contribution in [0.25, 0.3) is 61.0 Å². The monoisotopic (exact) mass is 1080 g/mol. The molecule has 0 saturated carbocycles. The molecule has 10 aromatic rings. The first-order valence-electron chi connectivity index (χ1n) is 23.3. The molecule has 69 heavy (non-hydrogen) atoms. The van der Waals surface area contributed by atoms with E-state index in [1.54, 1.807) is 0 Å². The van der Waals surface area contributed by atoms with Gasteiger partial charge in [-0.15, -0.1) is 48.1 Å². The standard InChI is InChI=1S/C62H49N4O2.Pt/c1-61(2,3)43-15-11-14-42(34-43)50-20-13-19-49-40-24-28-45(29-25-40)67-46-30-26-41(27-31-46)53-38-63-59(37-54(53)62(4,5)6)66-55-21-8-7-18-51(55)52-33-32-48(36-58(52)66)68-47-17-12-16-44(35-47)64-39-65(60(49)50)57-23-10-9-22-56(57)64;/h7-34,37-39H,1-6H3;/q-3;. The van der Waals surface area contributed by atoms with Crippen LogP contribution in [0, 0.1) is 18.8 Å². The molecule has 0 amide bonds. The van der Waals surface area contributed by atoms with Crippen molar-refractivity contribution in [2.75, 3.05) is 9.80 Å². The van der Waals surface area contributed by atoms with Crippen LogP contribution in [-0.2, 0) is 31.9 Å². The van der Waals surface area contributed by atoms with Gasteiger partial charge in [0.25, 0.3) is 0 Å². The van der Waals surface area contributed by atoms with Gasteiger partial charge in [0.05, 0.1) is 0 Å². The molecule has 0 aliphatic carbocycles. The van der Waals surface area contributed by atoms with Gasteiger partial charge in [-0.05, 0) is 92.6 Å². The third kappa shape index (κ3) is 7.87. The van der Waals surface area contributed by atoms with Crippen LogP contribution in [-0.4, -0.2) is 9.55 Å². The number of hydrogen-bond donors (Lipinski definition) is 0. The molecule has 2 aromatic heterocycles. The van der Waals surface area contributed by atoms with Crippen molar-refractivity contribution >= 4 is 44.6 Å². The minimum atomic E-state index is -0.190. The molecule has 0 fully saturated rings. The van der Waals surface area contributed by atoms with Crippen LogP contribution >= 0.6 is 0 Å². The largest absolute Gasteiger partial charge is 0.509 e. The van der Waals surface area contributed by atoms with E-state index in [1.165, 1.54) is 11.1 Å². The fourth-order valence-electron chi connectivity index (χ4n) is 9.79. The van der Waals surface area contributed by atoms with E-state index in [2.05, 4.69) is 220 Å². The fraction of sp³-hybridized carbons (Fsp3) is 0.129. The molecule has 6 nitrogen and oxygen atoms in total. The summed E-state index contributed by atoms with van der Waals surface area (Å²) in [6.07, 6.45) is 2.01. The minimum Gasteiger partial charge on any atom is -0.509 e. The summed E-state index contributed by atoms with van der Waals surface area (Å²) in [5.74, 6) is 3.50. The number of ether oxygens (including phenoxy) is 2. The van der Waals surface area contributed by atoms with Crippen molar-refractivity contribution in [3.63, 3.8) is 0 Å². The van der Waals surface area contributed by atoms with E-state index in [0.29, 0.717) is 11.5 Å². The van der Waals surface area contributed by atoms with Crippen molar-refractivity contribution < 1.29 is 30.5 Å². The van der Waals surface area contributed by atoms with E-state index in [1.807, 2.05) is 36.5 Å². The van der Waals surface area contributed by atoms with Gasteiger partial charge in [-0.3, -0.25) is 0 Å². The number of rotatable bonds is 1. The molecule has 7 heterocycles. The van der Waals surface area contributed by atoms with Crippen LogP contribution in [0.2, 0.25) is 0 Å². The summed E-state index contributed by atoms with van der Waals surface area (Å²) in [4.78, 5) is 9.70. The fourth-order valence-corrected chi connectivity index (χ4v) is 9.79. The van der Waals surface area contributed by atoms with Gasteiger partial charge in [-0.25, -0.2) is 4.98 Å². The van der Waals surface area contributed by atoms with Crippen LogP contribution in [0.4, 0.5) is 22.7 Å². The van der Waals surface area contributed by atoms with E-state index >= 15 is 0 Å². The van der Waals surface area contributed by atoms with E-state index in [4.69, 9.17) is 14.5 Å². The molecule has 0 unspecified atom stereocenters. The van der Waals surface area contributed by atoms with Crippen molar-refractivity contribution in [2.45, 2.75) is 52.4 Å². The van der Waals surface area contributed by atoms with Gasteiger partial charge in [0, 0.05) is 78.0 Å². The Labute approximate surface area is 418 Å². The molecule has 0 saturated heterocycles. The van der Waals surface area contributed by atoms with E-state index < -0.39 is 0 Å². The molecular formula is C62H49N4O2Pt-3. The van der Waals surface area contributed by atoms with Crippen LogP contribution in [0.15, 0.2) is 182 Å². The average Bonchev–Trinajstić information content (AvgIpc) is 3.89. The van der Waals surface area contributed by atoms with Crippen LogP contribution in [0.3, 0.4) is 0 Å². The van der Waals surface area contributed by atoms with Gasteiger partial charge < -0.3 is 23.8 Å². The van der Waals surface area contributed by atoms with Crippen molar-refractivity contribution in [1.82, 2.24) is 9.55 Å². The van der Waals surface area contributed by atoms with Crippen LogP contribution < -0.4 is 19.3 Å². The average molecular weight is 1080 g/mol. The quantitative estimate of drug-likeness (QED) is 0.153. The summed E-state index contributed by atoms with van der Waals surface area (Å²) in [6, 6.07) is 69.1. The molecule has 0 N–H and O–H groups in total. The Hall–Kier alpha value is -7.40. The zero-order chi connectivity index (χ0) is 46.3. The van der Waals surface area contributed by atoms with E-state index in [-0.39, 0.29) is 31.9 Å². The molecule has 5 aliphatic rings. The number of benzene rings is 8. The second-order valence-corrected chi connectivity index (χ2v) is 19.8. The number of hydrogen-bond acceptors (Lipinski definition) is 5. The van der Waals surface area contributed by atoms with Crippen LogP contribution in [0.1, 0.15) is 52.7 Å². The van der Waals surface area contributed by atoms with E-state index in [0.717, 1.165) is 95.3 Å². The summed E-state index contributed by atoms with van der Waals surface area (Å²) in [6.45, 7) is 15.7. The topological polar surface area (TPSA) is 42.8 Å². The second-order valence-electron chi connectivity index (χ2n) is 19.8. The molecule has 5 aliphatic heterocycles. The van der Waals surface area contributed by atoms with Gasteiger partial charge in [-0.2, -0.15) is 12.1 Å². The van der Waals surface area contributed by atoms with Gasteiger partial charge in [0.1, 0.15) is 17.3 Å². The van der Waals surface area contributed by atoms with Crippen molar-refractivity contribution in [3.8, 4) is 62.2 Å². The molecule has 0 radical (unpaired) electrons. The smallest absolute Gasteiger partial charge is 0.135 e. The Bertz CT molecular complexity index is 3580. The summed E-state index contributed by atoms with van der Waals surface area (Å²) >= 11 is 0. The maximum atomic E-state index is 6.73. The zero-order valence-corrected chi connectivity index (χ0v) is 41.6. The van der Waals surface area contributed by atoms with Gasteiger partial charge in [-0.1, -0.05) is 144 Å². The SMILES string of the molecule is CC(C)(C)c1cccc(-c2cccc3c2N2[CH-]N(c4[c-]c(ccc4)Oc4[c-]c5c(cc4)c4ccccc4n5-c4cc(C(C)(C)C)c(cn4)-c4ccc(cc4)Oc4ccc-3cc4)c3ccccc32)c1.[Pt]. The van der Waals surface area contributed by atoms with Crippen molar-refractivity contribution in [3.05, 3.63) is 212 Å². The number of nitrogens with zero attached hydrogens (tertiary/aromatic N) is 4. The second kappa shape index (κ2) is 17.0. The normalized spacial score (nSPS) is 13.1. The number of fused-ring (bicyclic) bond motifs is 6. The van der Waals surface area contributed by atoms with Crippen molar-refractivity contribution in [2.24, 2.45) is 0 Å². The van der Waals surface area contributed by atoms with Crippen LogP contribution in [0.5, 0.6) is 23.0 Å². The Morgan fingerprint density at radius 1 is 0.507 bits per heavy atom. The summed E-state index contributed by atoms with van der Waals surface area (Å²) in [5.41, 5.74) is 14.8. The third-order valence-electron chi connectivity index (χ3n) is 13.2. The molecule has 15 rings (SSSR count). The van der Waals surface area contributed by atoms with E-state index in [9.17, 15) is 0 Å². The first-order chi connectivity index (χ1) is 32.9. The number of para-hydroxylation sites is 4. The molecular weight excluding hydrogens is 1030 g/mol. The minimum absolute atomic E-state index is 0. The molecule has 7 heteroatoms. The Kier molecular flexibility index (Phi) is 10.9. The van der Waals surface area contributed by atoms with Gasteiger partial charge in [0.2, 0.25) is 0 Å². The molecule has 342 valence electrons. The maximum absolute atomic E-state index is 6.73. The third-order valence-corrected chi connectivity index (χ3v) is 13.2. The maximum Gasteiger partial charge on any atom is 0.135 e. The zero-order valence-electron chi connectivity index (χ0n) is 39.3. The molecule has 0 atom stereocenters. The molecule has 0 spiro atoms. The predicted octanol–water partition coefficient (Wildman–Crippen LogP) is 16.7. The number of anilines is 4. The first-order valence-corrected chi connectivity index (χ1v) is 23.3.